The second-order valence-corrected chi connectivity index (χ2v) is 5.66. The maximum absolute atomic E-state index is 12.3. The quantitative estimate of drug-likeness (QED) is 0.595. The van der Waals surface area contributed by atoms with E-state index < -0.39 is 17.9 Å². The number of hydrogen-bond acceptors (Lipinski definition) is 5. The van der Waals surface area contributed by atoms with Crippen LogP contribution in [0.5, 0.6) is 0 Å². The Morgan fingerprint density at radius 2 is 1.92 bits per heavy atom. The van der Waals surface area contributed by atoms with Gasteiger partial charge in [-0.2, -0.15) is 13.2 Å². The van der Waals surface area contributed by atoms with Gasteiger partial charge >= 0.3 is 12.1 Å². The summed E-state index contributed by atoms with van der Waals surface area (Å²) in [5, 5.41) is 4.55. The van der Waals surface area contributed by atoms with Gasteiger partial charge in [-0.25, -0.2) is 4.79 Å². The van der Waals surface area contributed by atoms with Gasteiger partial charge in [0, 0.05) is 23.2 Å². The monoisotopic (exact) mass is 369 g/mol. The van der Waals surface area contributed by atoms with Crippen molar-refractivity contribution in [3.05, 3.63) is 53.6 Å². The van der Waals surface area contributed by atoms with Crippen LogP contribution in [0.15, 0.2) is 48.0 Å². The first-order valence-corrected chi connectivity index (χ1v) is 8.10. The summed E-state index contributed by atoms with van der Waals surface area (Å²) in [5.41, 5.74) is 1.58. The summed E-state index contributed by atoms with van der Waals surface area (Å²) in [4.78, 5) is 23.1. The summed E-state index contributed by atoms with van der Waals surface area (Å²) >= 11 is 1.13. The van der Waals surface area contributed by atoms with Crippen molar-refractivity contribution >= 4 is 28.1 Å². The van der Waals surface area contributed by atoms with Crippen molar-refractivity contribution < 1.29 is 27.5 Å². The van der Waals surface area contributed by atoms with Gasteiger partial charge < -0.3 is 10.1 Å². The van der Waals surface area contributed by atoms with Crippen LogP contribution in [0, 0.1) is 0 Å². The third-order valence-corrected chi connectivity index (χ3v) is 4.00. The fourth-order valence-electron chi connectivity index (χ4n) is 1.99. The van der Waals surface area contributed by atoms with Crippen molar-refractivity contribution in [2.75, 3.05) is 11.9 Å². The van der Waals surface area contributed by atoms with Crippen LogP contribution >= 0.6 is 11.3 Å². The Bertz CT molecular complexity index is 782. The minimum absolute atomic E-state index is 0.157. The van der Waals surface area contributed by atoms with Gasteiger partial charge in [-0.3, -0.25) is 4.79 Å². The summed E-state index contributed by atoms with van der Waals surface area (Å²) < 4.78 is 41.7. The van der Waals surface area contributed by atoms with Crippen molar-refractivity contribution in [2.45, 2.75) is 13.1 Å². The van der Waals surface area contributed by atoms with Gasteiger partial charge in [0.1, 0.15) is 10.6 Å². The topological polar surface area (TPSA) is 55.4 Å². The van der Waals surface area contributed by atoms with E-state index in [1.807, 2.05) is 6.07 Å². The molecule has 25 heavy (non-hydrogen) atoms. The lowest BCUT2D eigenvalue weighted by Gasteiger charge is -2.07. The molecule has 1 heterocycles. The van der Waals surface area contributed by atoms with E-state index >= 15 is 0 Å². The summed E-state index contributed by atoms with van der Waals surface area (Å²) in [6.45, 7) is 1.81. The number of carbonyl (C=O) groups is 2. The third-order valence-electron chi connectivity index (χ3n) is 3.08. The van der Waals surface area contributed by atoms with Crippen molar-refractivity contribution in [1.29, 1.82) is 0 Å². The van der Waals surface area contributed by atoms with E-state index in [1.54, 1.807) is 36.6 Å². The molecule has 1 aromatic heterocycles. The SMILES string of the molecule is CCOC(=O)c1c(-c2ccccc2)csc1NC=CC(=O)C(F)(F)F. The molecule has 8 heteroatoms. The van der Waals surface area contributed by atoms with Crippen LogP contribution in [0.3, 0.4) is 0 Å². The molecule has 0 spiro atoms. The van der Waals surface area contributed by atoms with Gasteiger partial charge in [0.05, 0.1) is 6.61 Å². The number of carbonyl (C=O) groups excluding carboxylic acids is 2. The van der Waals surface area contributed by atoms with Gasteiger partial charge in [0.15, 0.2) is 0 Å². The standard InChI is InChI=1S/C17H14F3NO3S/c1-2-24-16(23)14-12(11-6-4-3-5-7-11)10-25-15(14)21-9-8-13(22)17(18,19)20/h3-10,21H,2H2,1H3. The number of allylic oxidation sites excluding steroid dienone is 1. The molecule has 0 amide bonds. The van der Waals surface area contributed by atoms with E-state index in [-0.39, 0.29) is 12.2 Å². The van der Waals surface area contributed by atoms with E-state index in [9.17, 15) is 22.8 Å². The highest BCUT2D eigenvalue weighted by Gasteiger charge is 2.36. The van der Waals surface area contributed by atoms with E-state index in [0.29, 0.717) is 16.6 Å². The second kappa shape index (κ2) is 7.98. The molecule has 0 fully saturated rings. The lowest BCUT2D eigenvalue weighted by Crippen LogP contribution is -2.20. The summed E-state index contributed by atoms with van der Waals surface area (Å²) in [6, 6.07) is 9.04. The number of alkyl halides is 3. The van der Waals surface area contributed by atoms with Gasteiger partial charge in [-0.1, -0.05) is 30.3 Å². The fraction of sp³-hybridized carbons (Fsp3) is 0.176. The number of halogens is 3. The molecule has 1 aromatic carbocycles. The predicted octanol–water partition coefficient (Wildman–Crippen LogP) is 4.65. The number of hydrogen-bond donors (Lipinski definition) is 1. The van der Waals surface area contributed by atoms with Crippen molar-refractivity contribution in [3.8, 4) is 11.1 Å². The zero-order chi connectivity index (χ0) is 18.4. The van der Waals surface area contributed by atoms with Gasteiger partial charge in [0.25, 0.3) is 5.78 Å². The highest BCUT2D eigenvalue weighted by atomic mass is 32.1. The van der Waals surface area contributed by atoms with E-state index in [1.165, 1.54) is 0 Å². The summed E-state index contributed by atoms with van der Waals surface area (Å²) in [5.74, 6) is -2.59. The van der Waals surface area contributed by atoms with Gasteiger partial charge in [-0.05, 0) is 12.5 Å². The molecule has 1 N–H and O–H groups in total. The zero-order valence-electron chi connectivity index (χ0n) is 13.1. The molecular formula is C17H14F3NO3S. The first-order valence-electron chi connectivity index (χ1n) is 7.22. The Hall–Kier alpha value is -2.61. The molecule has 0 unspecified atom stereocenters. The van der Waals surface area contributed by atoms with Crippen molar-refractivity contribution in [3.63, 3.8) is 0 Å². The van der Waals surface area contributed by atoms with E-state index in [2.05, 4.69) is 5.32 Å². The minimum Gasteiger partial charge on any atom is -0.462 e. The average Bonchev–Trinajstić information content (AvgIpc) is 2.99. The number of ether oxygens (including phenoxy) is 1. The highest BCUT2D eigenvalue weighted by molar-refractivity contribution is 7.15. The third kappa shape index (κ3) is 4.69. The van der Waals surface area contributed by atoms with E-state index in [4.69, 9.17) is 4.74 Å². The van der Waals surface area contributed by atoms with Crippen LogP contribution in [0.1, 0.15) is 17.3 Å². The number of benzene rings is 1. The molecule has 0 radical (unpaired) electrons. The molecular weight excluding hydrogens is 355 g/mol. The number of anilines is 1. The van der Waals surface area contributed by atoms with Crippen LogP contribution in [0.4, 0.5) is 18.2 Å². The number of nitrogens with one attached hydrogen (secondary N) is 1. The maximum Gasteiger partial charge on any atom is 0.454 e. The first-order chi connectivity index (χ1) is 11.8. The van der Waals surface area contributed by atoms with Crippen molar-refractivity contribution in [2.24, 2.45) is 0 Å². The smallest absolute Gasteiger partial charge is 0.454 e. The number of thiophene rings is 1. The number of rotatable bonds is 6. The molecule has 0 aliphatic heterocycles. The Morgan fingerprint density at radius 1 is 1.24 bits per heavy atom. The molecule has 2 rings (SSSR count). The average molecular weight is 369 g/mol. The Labute approximate surface area is 145 Å². The lowest BCUT2D eigenvalue weighted by atomic mass is 10.0. The zero-order valence-corrected chi connectivity index (χ0v) is 13.9. The van der Waals surface area contributed by atoms with Crippen LogP contribution in [0.2, 0.25) is 0 Å². The minimum atomic E-state index is -4.94. The normalized spacial score (nSPS) is 11.5. The Morgan fingerprint density at radius 3 is 2.52 bits per heavy atom. The lowest BCUT2D eigenvalue weighted by molar-refractivity contribution is -0.165. The highest BCUT2D eigenvalue weighted by Crippen LogP contribution is 2.36. The number of ketones is 1. The van der Waals surface area contributed by atoms with E-state index in [0.717, 1.165) is 23.1 Å². The Balaban J connectivity index is 2.32. The summed E-state index contributed by atoms with van der Waals surface area (Å²) in [6.07, 6.45) is -3.71. The molecule has 0 saturated carbocycles. The summed E-state index contributed by atoms with van der Waals surface area (Å²) in [7, 11) is 0. The van der Waals surface area contributed by atoms with Crippen LogP contribution in [-0.2, 0) is 9.53 Å². The van der Waals surface area contributed by atoms with Gasteiger partial charge in [0.2, 0.25) is 0 Å². The molecule has 132 valence electrons. The molecule has 4 nitrogen and oxygen atoms in total. The maximum atomic E-state index is 12.3. The van der Waals surface area contributed by atoms with Gasteiger partial charge in [-0.15, -0.1) is 11.3 Å². The first kappa shape index (κ1) is 18.7. The van der Waals surface area contributed by atoms with Crippen molar-refractivity contribution in [1.82, 2.24) is 0 Å². The van der Waals surface area contributed by atoms with Crippen LogP contribution < -0.4 is 5.32 Å². The molecule has 0 aliphatic carbocycles. The molecule has 0 bridgehead atoms. The Kier molecular flexibility index (Phi) is 5.97. The molecule has 0 atom stereocenters. The molecule has 0 saturated heterocycles. The second-order valence-electron chi connectivity index (χ2n) is 4.78. The molecule has 2 aromatic rings. The predicted molar refractivity (Wildman–Crippen MR) is 89.5 cm³/mol. The molecule has 0 aliphatic rings. The largest absolute Gasteiger partial charge is 0.462 e. The van der Waals surface area contributed by atoms with Crippen LogP contribution in [0.25, 0.3) is 11.1 Å². The fourth-order valence-corrected chi connectivity index (χ4v) is 2.92. The van der Waals surface area contributed by atoms with Crippen LogP contribution in [-0.4, -0.2) is 24.5 Å². The number of esters is 1.